The summed E-state index contributed by atoms with van der Waals surface area (Å²) < 4.78 is 7.35. The molecule has 0 fully saturated rings. The second kappa shape index (κ2) is 9.44. The van der Waals surface area contributed by atoms with Crippen LogP contribution in [0.2, 0.25) is 0 Å². The third-order valence-corrected chi connectivity index (χ3v) is 6.65. The van der Waals surface area contributed by atoms with Crippen molar-refractivity contribution in [1.29, 1.82) is 0 Å². The summed E-state index contributed by atoms with van der Waals surface area (Å²) in [5, 5.41) is 3.47. The van der Waals surface area contributed by atoms with Crippen LogP contribution in [0.1, 0.15) is 34.6 Å². The normalized spacial score (nSPS) is 15.1. The number of nitrogens with zero attached hydrogens (tertiary/aromatic N) is 2. The molecule has 0 bridgehead atoms. The number of amides is 1. The fourth-order valence-electron chi connectivity index (χ4n) is 3.81. The molecule has 1 unspecified atom stereocenters. The Morgan fingerprint density at radius 1 is 1.22 bits per heavy atom. The Morgan fingerprint density at radius 2 is 1.97 bits per heavy atom. The van der Waals surface area contributed by atoms with Crippen molar-refractivity contribution >= 4 is 23.5 Å². The second-order valence-corrected chi connectivity index (χ2v) is 8.65. The quantitative estimate of drug-likeness (QED) is 0.330. The third kappa shape index (κ3) is 4.48. The first kappa shape index (κ1) is 21.9. The van der Waals surface area contributed by atoms with Gasteiger partial charge in [0.15, 0.2) is 5.16 Å². The van der Waals surface area contributed by atoms with Gasteiger partial charge in [-0.05, 0) is 35.7 Å². The molecule has 0 saturated heterocycles. The predicted molar refractivity (Wildman–Crippen MR) is 127 cm³/mol. The zero-order valence-electron chi connectivity index (χ0n) is 18.1. The number of thioether (sulfide) groups is 1. The number of anilines is 1. The van der Waals surface area contributed by atoms with Gasteiger partial charge in [0.2, 0.25) is 5.91 Å². The van der Waals surface area contributed by atoms with Crippen LogP contribution in [0.25, 0.3) is 0 Å². The average Bonchev–Trinajstić information content (AvgIpc) is 2.79. The van der Waals surface area contributed by atoms with Gasteiger partial charge in [-0.25, -0.2) is 0 Å². The summed E-state index contributed by atoms with van der Waals surface area (Å²) in [6.07, 6.45) is 1.88. The number of ether oxygens (including phenoxy) is 1. The van der Waals surface area contributed by atoms with E-state index in [0.29, 0.717) is 34.6 Å². The van der Waals surface area contributed by atoms with Crippen molar-refractivity contribution in [3.63, 3.8) is 0 Å². The van der Waals surface area contributed by atoms with Crippen LogP contribution in [0.5, 0.6) is 5.75 Å². The largest absolute Gasteiger partial charge is 0.490 e. The molecule has 6 nitrogen and oxygen atoms in total. The highest BCUT2D eigenvalue weighted by atomic mass is 32.2. The maximum Gasteiger partial charge on any atom is 0.279 e. The van der Waals surface area contributed by atoms with Gasteiger partial charge in [0.1, 0.15) is 18.2 Å². The molecule has 0 aliphatic carbocycles. The van der Waals surface area contributed by atoms with Crippen molar-refractivity contribution < 1.29 is 9.53 Å². The zero-order valence-corrected chi connectivity index (χ0v) is 18.9. The van der Waals surface area contributed by atoms with E-state index in [0.717, 1.165) is 5.56 Å². The van der Waals surface area contributed by atoms with E-state index in [1.807, 2.05) is 48.0 Å². The Bertz CT molecular complexity index is 1220. The van der Waals surface area contributed by atoms with Crippen molar-refractivity contribution in [2.45, 2.75) is 30.2 Å². The number of nitrogens with one attached hydrogen (secondary N) is 1. The van der Waals surface area contributed by atoms with Gasteiger partial charge in [-0.2, -0.15) is 4.98 Å². The molecule has 0 saturated carbocycles. The number of carbonyl (C=O) groups is 1. The van der Waals surface area contributed by atoms with Gasteiger partial charge in [-0.1, -0.05) is 60.8 Å². The van der Waals surface area contributed by atoms with E-state index in [-0.39, 0.29) is 23.8 Å². The van der Waals surface area contributed by atoms with E-state index >= 15 is 0 Å². The van der Waals surface area contributed by atoms with Crippen LogP contribution in [0.15, 0.2) is 71.1 Å². The molecule has 7 heteroatoms. The molecule has 0 spiro atoms. The molecule has 1 atom stereocenters. The summed E-state index contributed by atoms with van der Waals surface area (Å²) in [7, 11) is 1.83. The van der Waals surface area contributed by atoms with Crippen molar-refractivity contribution in [2.75, 3.05) is 11.9 Å². The smallest absolute Gasteiger partial charge is 0.279 e. The minimum atomic E-state index is -0.353. The molecule has 1 aliphatic rings. The fraction of sp³-hybridized carbons (Fsp3) is 0.240. The first-order chi connectivity index (χ1) is 15.5. The first-order valence-corrected chi connectivity index (χ1v) is 11.4. The van der Waals surface area contributed by atoms with Gasteiger partial charge in [0, 0.05) is 25.1 Å². The topological polar surface area (TPSA) is 73.2 Å². The number of benzene rings is 2. The van der Waals surface area contributed by atoms with Crippen LogP contribution in [0, 0.1) is 6.92 Å². The number of hydrogen-bond donors (Lipinski definition) is 1. The molecular formula is C25H25N3O3S. The minimum Gasteiger partial charge on any atom is -0.490 e. The van der Waals surface area contributed by atoms with E-state index in [2.05, 4.69) is 35.9 Å². The lowest BCUT2D eigenvalue weighted by atomic mass is 9.87. The van der Waals surface area contributed by atoms with Gasteiger partial charge in [0.25, 0.3) is 5.56 Å². The molecule has 1 N–H and O–H groups in total. The third-order valence-electron chi connectivity index (χ3n) is 5.57. The lowest BCUT2D eigenvalue weighted by molar-refractivity contribution is -0.116. The number of carbonyl (C=O) groups excluding carboxylic acids is 1. The van der Waals surface area contributed by atoms with Crippen molar-refractivity contribution in [1.82, 2.24) is 9.55 Å². The summed E-state index contributed by atoms with van der Waals surface area (Å²) in [4.78, 5) is 30.0. The van der Waals surface area contributed by atoms with Crippen molar-refractivity contribution in [3.8, 4) is 5.75 Å². The van der Waals surface area contributed by atoms with Crippen LogP contribution in [-0.4, -0.2) is 22.1 Å². The van der Waals surface area contributed by atoms with Crippen molar-refractivity contribution in [3.05, 3.63) is 93.8 Å². The number of aryl methyl sites for hydroxylation is 1. The summed E-state index contributed by atoms with van der Waals surface area (Å²) in [6, 6.07) is 15.6. The van der Waals surface area contributed by atoms with E-state index in [9.17, 15) is 9.59 Å². The standard InChI is InChI=1S/C25H25N3O3S/c1-4-13-31-19-11-9-17(10-12-19)20-14-21(29)26-23-22(20)24(30)27-25(28(23)3)32-15-18-8-6-5-7-16(18)2/h4-12,20H,1,13-15H2,2-3H3,(H,26,29). The molecule has 2 heterocycles. The van der Waals surface area contributed by atoms with Gasteiger partial charge < -0.3 is 14.6 Å². The Morgan fingerprint density at radius 3 is 2.69 bits per heavy atom. The molecular weight excluding hydrogens is 422 g/mol. The Kier molecular flexibility index (Phi) is 6.46. The molecule has 1 aromatic heterocycles. The molecule has 4 rings (SSSR count). The Labute approximate surface area is 191 Å². The molecule has 1 aliphatic heterocycles. The van der Waals surface area contributed by atoms with Gasteiger partial charge in [0.05, 0.1) is 5.56 Å². The fourth-order valence-corrected chi connectivity index (χ4v) is 4.86. The number of fused-ring (bicyclic) bond motifs is 1. The molecule has 3 aromatic rings. The van der Waals surface area contributed by atoms with Crippen LogP contribution in [0.3, 0.4) is 0 Å². The Hall–Kier alpha value is -3.32. The highest BCUT2D eigenvalue weighted by Gasteiger charge is 2.32. The maximum atomic E-state index is 13.1. The van der Waals surface area contributed by atoms with E-state index < -0.39 is 0 Å². The molecule has 0 radical (unpaired) electrons. The summed E-state index contributed by atoms with van der Waals surface area (Å²) in [5.74, 6) is 1.45. The summed E-state index contributed by atoms with van der Waals surface area (Å²) >= 11 is 1.49. The minimum absolute atomic E-state index is 0.120. The summed E-state index contributed by atoms with van der Waals surface area (Å²) in [5.41, 5.74) is 3.47. The van der Waals surface area contributed by atoms with Gasteiger partial charge >= 0.3 is 0 Å². The second-order valence-electron chi connectivity index (χ2n) is 7.71. The van der Waals surface area contributed by atoms with E-state index in [1.165, 1.54) is 22.9 Å². The molecule has 32 heavy (non-hydrogen) atoms. The molecule has 164 valence electrons. The summed E-state index contributed by atoms with van der Waals surface area (Å²) in [6.45, 7) is 6.13. The van der Waals surface area contributed by atoms with Crippen LogP contribution < -0.4 is 15.6 Å². The lowest BCUT2D eigenvalue weighted by Gasteiger charge is -2.27. The van der Waals surface area contributed by atoms with Crippen LogP contribution >= 0.6 is 11.8 Å². The average molecular weight is 448 g/mol. The van der Waals surface area contributed by atoms with E-state index in [4.69, 9.17) is 4.74 Å². The predicted octanol–water partition coefficient (Wildman–Crippen LogP) is 4.42. The van der Waals surface area contributed by atoms with E-state index in [1.54, 1.807) is 6.08 Å². The number of rotatable bonds is 7. The number of aromatic nitrogens is 2. The number of hydrogen-bond acceptors (Lipinski definition) is 5. The van der Waals surface area contributed by atoms with Gasteiger partial charge in [-0.15, -0.1) is 0 Å². The maximum absolute atomic E-state index is 13.1. The Balaban J connectivity index is 1.66. The van der Waals surface area contributed by atoms with Crippen LogP contribution in [-0.2, 0) is 17.6 Å². The van der Waals surface area contributed by atoms with Gasteiger partial charge in [-0.3, -0.25) is 9.59 Å². The highest BCUT2D eigenvalue weighted by Crippen LogP contribution is 2.36. The van der Waals surface area contributed by atoms with Crippen molar-refractivity contribution in [2.24, 2.45) is 7.05 Å². The SMILES string of the molecule is C=CCOc1ccc(C2CC(=O)Nc3c2c(=O)nc(SCc2ccccc2C)n3C)cc1. The molecule has 2 aromatic carbocycles. The molecule has 1 amide bonds. The van der Waals surface area contributed by atoms with Crippen LogP contribution in [0.4, 0.5) is 5.82 Å². The first-order valence-electron chi connectivity index (χ1n) is 10.4. The monoisotopic (exact) mass is 447 g/mol. The highest BCUT2D eigenvalue weighted by molar-refractivity contribution is 7.98. The lowest BCUT2D eigenvalue weighted by Crippen LogP contribution is -2.33. The zero-order chi connectivity index (χ0) is 22.7.